The lowest BCUT2D eigenvalue weighted by molar-refractivity contribution is 0.714. The molecule has 1 heteroatoms. The first-order chi connectivity index (χ1) is 34.0. The maximum atomic E-state index is 2.53. The molecule has 0 heterocycles. The van der Waals surface area contributed by atoms with Crippen LogP contribution in [-0.4, -0.2) is 0 Å². The van der Waals surface area contributed by atoms with E-state index < -0.39 is 0 Å². The Balaban J connectivity index is 1.02. The smallest absolute Gasteiger partial charge is 0.0543 e. The van der Waals surface area contributed by atoms with Crippen molar-refractivity contribution in [3.05, 3.63) is 294 Å². The highest BCUT2D eigenvalue weighted by atomic mass is 15.1. The fraction of sp³-hybridized carbons (Fsp3) is 0.0588. The average molecular weight is 880 g/mol. The van der Waals surface area contributed by atoms with Crippen LogP contribution in [0, 0.1) is 0 Å². The molecule has 13 rings (SSSR count). The van der Waals surface area contributed by atoms with Gasteiger partial charge in [0.15, 0.2) is 0 Å². The van der Waals surface area contributed by atoms with Gasteiger partial charge in [-0.2, -0.15) is 0 Å². The van der Waals surface area contributed by atoms with Crippen molar-refractivity contribution in [1.82, 2.24) is 0 Å². The van der Waals surface area contributed by atoms with Gasteiger partial charge in [-0.25, -0.2) is 0 Å². The van der Waals surface area contributed by atoms with E-state index in [9.17, 15) is 0 Å². The molecule has 0 spiro atoms. The second-order valence-electron chi connectivity index (χ2n) is 19.0. The summed E-state index contributed by atoms with van der Waals surface area (Å²) in [6.45, 7) is 4.80. The van der Waals surface area contributed by atoms with Crippen molar-refractivity contribution in [3.8, 4) is 55.6 Å². The molecule has 11 aromatic rings. The van der Waals surface area contributed by atoms with Gasteiger partial charge in [0.1, 0.15) is 0 Å². The zero-order valence-electron chi connectivity index (χ0n) is 38.8. The summed E-state index contributed by atoms with van der Waals surface area (Å²) in [5.41, 5.74) is 23.0. The van der Waals surface area contributed by atoms with Gasteiger partial charge in [-0.3, -0.25) is 0 Å². The van der Waals surface area contributed by atoms with Gasteiger partial charge < -0.3 is 4.90 Å². The molecule has 0 fully saturated rings. The standard InChI is InChI=1S/C68H49N/c1-67(50-25-8-4-9-26-50)60-35-16-13-31-58(60)66-61(67)36-20-38-64(66)69(63-37-17-14-30-56(63)57-33-19-24-48-23-18-32-53(65(48)57)47-21-6-3-7-22-47)52-42-39-46(40-43-52)49-41-44-55-54-29-12-15-34-59(54)68(2,62(55)45-49)51-27-10-5-11-28-51/h3-45H,1-2H3. The maximum Gasteiger partial charge on any atom is 0.0543 e. The highest BCUT2D eigenvalue weighted by Gasteiger charge is 2.43. The Kier molecular flexibility index (Phi) is 9.49. The third-order valence-electron chi connectivity index (χ3n) is 15.5. The molecule has 0 radical (unpaired) electrons. The normalized spacial score (nSPS) is 16.4. The summed E-state index contributed by atoms with van der Waals surface area (Å²) in [6, 6.07) is 96.7. The van der Waals surface area contributed by atoms with Gasteiger partial charge in [-0.1, -0.05) is 231 Å². The van der Waals surface area contributed by atoms with Crippen LogP contribution >= 0.6 is 0 Å². The van der Waals surface area contributed by atoms with E-state index >= 15 is 0 Å². The van der Waals surface area contributed by atoms with Gasteiger partial charge in [0.2, 0.25) is 0 Å². The van der Waals surface area contributed by atoms with E-state index in [0.29, 0.717) is 0 Å². The number of fused-ring (bicyclic) bond motifs is 7. The van der Waals surface area contributed by atoms with Crippen LogP contribution in [-0.2, 0) is 10.8 Å². The SMILES string of the molecule is CC1(c2ccccc2)c2ccccc2-c2ccc(-c3ccc(N(c4ccccc4-c4cccc5cccc(-c6ccccc6)c45)c4cccc5c4-c4ccccc4C5(C)c4ccccc4)cc3)cc21. The molecule has 2 atom stereocenters. The summed E-state index contributed by atoms with van der Waals surface area (Å²) >= 11 is 0. The van der Waals surface area contributed by atoms with E-state index in [2.05, 4.69) is 280 Å². The number of hydrogen-bond donors (Lipinski definition) is 0. The largest absolute Gasteiger partial charge is 0.309 e. The van der Waals surface area contributed by atoms with Crippen LogP contribution in [0.5, 0.6) is 0 Å². The molecule has 11 aromatic carbocycles. The van der Waals surface area contributed by atoms with Crippen LogP contribution in [0.15, 0.2) is 261 Å². The minimum Gasteiger partial charge on any atom is -0.309 e. The van der Waals surface area contributed by atoms with E-state index in [-0.39, 0.29) is 10.8 Å². The summed E-state index contributed by atoms with van der Waals surface area (Å²) in [4.78, 5) is 2.53. The van der Waals surface area contributed by atoms with Crippen molar-refractivity contribution < 1.29 is 0 Å². The maximum absolute atomic E-state index is 2.53. The Labute approximate surface area is 405 Å². The van der Waals surface area contributed by atoms with Crippen molar-refractivity contribution in [1.29, 1.82) is 0 Å². The average Bonchev–Trinajstić information content (AvgIpc) is 3.85. The Morgan fingerprint density at radius 3 is 1.46 bits per heavy atom. The van der Waals surface area contributed by atoms with E-state index in [1.165, 1.54) is 99.8 Å². The summed E-state index contributed by atoms with van der Waals surface area (Å²) in [5.74, 6) is 0. The second-order valence-corrected chi connectivity index (χ2v) is 19.0. The van der Waals surface area contributed by atoms with Crippen LogP contribution in [0.3, 0.4) is 0 Å². The monoisotopic (exact) mass is 879 g/mol. The van der Waals surface area contributed by atoms with Gasteiger partial charge in [0.25, 0.3) is 0 Å². The molecule has 0 aromatic heterocycles. The number of nitrogens with zero attached hydrogens (tertiary/aromatic N) is 1. The molecular weight excluding hydrogens is 831 g/mol. The summed E-state index contributed by atoms with van der Waals surface area (Å²) in [7, 11) is 0. The van der Waals surface area contributed by atoms with Gasteiger partial charge in [0.05, 0.1) is 11.4 Å². The van der Waals surface area contributed by atoms with Gasteiger partial charge >= 0.3 is 0 Å². The Hall–Kier alpha value is -8.52. The number of para-hydroxylation sites is 1. The van der Waals surface area contributed by atoms with E-state index in [1.54, 1.807) is 0 Å². The fourth-order valence-electron chi connectivity index (χ4n) is 12.1. The summed E-state index contributed by atoms with van der Waals surface area (Å²) in [5, 5.41) is 2.46. The summed E-state index contributed by atoms with van der Waals surface area (Å²) in [6.07, 6.45) is 0. The van der Waals surface area contributed by atoms with E-state index in [4.69, 9.17) is 0 Å². The molecule has 1 nitrogen and oxygen atoms in total. The molecule has 2 unspecified atom stereocenters. The Morgan fingerprint density at radius 2 is 0.768 bits per heavy atom. The lowest BCUT2D eigenvalue weighted by Crippen LogP contribution is -2.22. The molecule has 0 amide bonds. The molecule has 0 saturated carbocycles. The zero-order valence-corrected chi connectivity index (χ0v) is 38.8. The van der Waals surface area contributed by atoms with Crippen molar-refractivity contribution in [2.24, 2.45) is 0 Å². The van der Waals surface area contributed by atoms with Gasteiger partial charge in [-0.15, -0.1) is 0 Å². The van der Waals surface area contributed by atoms with Crippen LogP contribution < -0.4 is 4.90 Å². The van der Waals surface area contributed by atoms with Gasteiger partial charge in [0, 0.05) is 27.6 Å². The number of rotatable bonds is 8. The fourth-order valence-corrected chi connectivity index (χ4v) is 12.1. The first kappa shape index (κ1) is 40.7. The minimum absolute atomic E-state index is 0.274. The molecule has 2 aliphatic carbocycles. The van der Waals surface area contributed by atoms with Gasteiger partial charge in [-0.05, 0) is 133 Å². The predicted molar refractivity (Wildman–Crippen MR) is 290 cm³/mol. The number of hydrogen-bond acceptors (Lipinski definition) is 1. The highest BCUT2D eigenvalue weighted by Crippen LogP contribution is 2.58. The van der Waals surface area contributed by atoms with Crippen molar-refractivity contribution in [2.75, 3.05) is 4.90 Å². The molecule has 0 bridgehead atoms. The van der Waals surface area contributed by atoms with Crippen molar-refractivity contribution in [3.63, 3.8) is 0 Å². The third-order valence-corrected chi connectivity index (χ3v) is 15.5. The Morgan fingerprint density at radius 1 is 0.290 bits per heavy atom. The van der Waals surface area contributed by atoms with E-state index in [1.807, 2.05) is 0 Å². The molecule has 326 valence electrons. The molecule has 2 aliphatic rings. The van der Waals surface area contributed by atoms with E-state index in [0.717, 1.165) is 17.1 Å². The number of anilines is 3. The third kappa shape index (κ3) is 6.24. The lowest BCUT2D eigenvalue weighted by Gasteiger charge is -2.32. The van der Waals surface area contributed by atoms with Crippen molar-refractivity contribution >= 4 is 27.8 Å². The first-order valence-corrected chi connectivity index (χ1v) is 24.2. The number of benzene rings is 11. The highest BCUT2D eigenvalue weighted by molar-refractivity contribution is 6.09. The minimum atomic E-state index is -0.347. The topological polar surface area (TPSA) is 3.24 Å². The molecular formula is C68H49N. The van der Waals surface area contributed by atoms with Crippen LogP contribution in [0.25, 0.3) is 66.4 Å². The van der Waals surface area contributed by atoms with Crippen LogP contribution in [0.4, 0.5) is 17.1 Å². The lowest BCUT2D eigenvalue weighted by atomic mass is 9.74. The molecule has 0 aliphatic heterocycles. The molecule has 0 N–H and O–H groups in total. The predicted octanol–water partition coefficient (Wildman–Crippen LogP) is 18.0. The van der Waals surface area contributed by atoms with Crippen molar-refractivity contribution in [2.45, 2.75) is 24.7 Å². The molecule has 69 heavy (non-hydrogen) atoms. The van der Waals surface area contributed by atoms with Crippen LogP contribution in [0.1, 0.15) is 47.2 Å². The Bertz CT molecular complexity index is 3740. The quantitative estimate of drug-likeness (QED) is 0.147. The molecule has 0 saturated heterocycles. The summed E-state index contributed by atoms with van der Waals surface area (Å²) < 4.78 is 0. The first-order valence-electron chi connectivity index (χ1n) is 24.2. The second kappa shape index (κ2) is 16.1. The zero-order chi connectivity index (χ0) is 46.1. The van der Waals surface area contributed by atoms with Crippen LogP contribution in [0.2, 0.25) is 0 Å².